The molecule has 3 aromatic rings. The summed E-state index contributed by atoms with van der Waals surface area (Å²) in [5, 5.41) is 2.74. The first kappa shape index (κ1) is 31.9. The smallest absolute Gasteiger partial charge is 0.303 e. The first-order chi connectivity index (χ1) is 21.3. The number of rotatable bonds is 7. The number of nitrogens with zero attached hydrogens (tertiary/aromatic N) is 2. The predicted octanol–water partition coefficient (Wildman–Crippen LogP) is 4.74. The van der Waals surface area contributed by atoms with Crippen LogP contribution in [0.1, 0.15) is 32.7 Å². The van der Waals surface area contributed by atoms with Crippen LogP contribution in [0.3, 0.4) is 0 Å². The Morgan fingerprint density at radius 1 is 1.04 bits per heavy atom. The summed E-state index contributed by atoms with van der Waals surface area (Å²) in [6.45, 7) is 0.292. The molecule has 0 bridgehead atoms. The van der Waals surface area contributed by atoms with Crippen molar-refractivity contribution in [3.8, 4) is 5.75 Å². The summed E-state index contributed by atoms with van der Waals surface area (Å²) in [5.41, 5.74) is 1.68. The van der Waals surface area contributed by atoms with Gasteiger partial charge in [0.05, 0.1) is 23.4 Å². The molecule has 2 N–H and O–H groups in total. The van der Waals surface area contributed by atoms with Crippen LogP contribution < -0.4 is 19.7 Å². The van der Waals surface area contributed by atoms with Gasteiger partial charge < -0.3 is 15.0 Å². The van der Waals surface area contributed by atoms with Crippen LogP contribution in [-0.2, 0) is 21.4 Å². The number of allylic oxidation sites excluding steroid dienone is 2. The highest BCUT2D eigenvalue weighted by atomic mass is 35.5. The zero-order valence-corrected chi connectivity index (χ0v) is 26.2. The number of carbonyl (C=O) groups excluding carboxylic acids is 3. The summed E-state index contributed by atoms with van der Waals surface area (Å²) in [7, 11) is 0.0838. The minimum atomic E-state index is -3.97. The third kappa shape index (κ3) is 6.63. The molecule has 0 aromatic heterocycles. The van der Waals surface area contributed by atoms with E-state index < -0.39 is 33.3 Å². The fraction of sp³-hybridized carbons (Fsp3) is 0.219. The van der Waals surface area contributed by atoms with E-state index in [0.29, 0.717) is 30.6 Å². The molecule has 0 fully saturated rings. The van der Waals surface area contributed by atoms with Crippen molar-refractivity contribution in [2.45, 2.75) is 12.8 Å². The lowest BCUT2D eigenvalue weighted by atomic mass is 9.80. The van der Waals surface area contributed by atoms with Gasteiger partial charge in [-0.25, -0.2) is 9.11 Å². The predicted molar refractivity (Wildman–Crippen MR) is 169 cm³/mol. The van der Waals surface area contributed by atoms with Crippen LogP contribution in [0.25, 0.3) is 0 Å². The highest BCUT2D eigenvalue weighted by molar-refractivity contribution is 7.87. The Balaban J connectivity index is 1.39. The van der Waals surface area contributed by atoms with Crippen LogP contribution in [-0.4, -0.2) is 58.2 Å². The number of ether oxygens (including phenoxy) is 1. The molecular formula is C32H30ClFN4O6S. The number of nitrogens with one attached hydrogen (secondary N) is 2. The molecule has 1 aliphatic heterocycles. The van der Waals surface area contributed by atoms with Crippen molar-refractivity contribution in [3.63, 3.8) is 0 Å². The molecule has 13 heteroatoms. The van der Waals surface area contributed by atoms with Gasteiger partial charge in [-0.3, -0.25) is 14.4 Å². The van der Waals surface area contributed by atoms with Crippen molar-refractivity contribution in [2.24, 2.45) is 5.41 Å². The van der Waals surface area contributed by atoms with Crippen molar-refractivity contribution in [2.75, 3.05) is 38.0 Å². The van der Waals surface area contributed by atoms with Gasteiger partial charge in [0.15, 0.2) is 0 Å². The standard InChI is InChI=1S/C32H30ClFN4O6S/c1-37(2)45(42,43)36-29(39)22-12-13-32(19-22)14-15-38(27-7-5-4-6-21(27)18-32)31(41)20-8-11-26(28(16-20)44-3)35-30(40)24-17-23(34)9-10-25(24)33/h4-13,16-17,19H,14-15,18H2,1-3H3,(H,35,40)(H,36,39)/t32-/m0/s1. The molecule has 5 rings (SSSR count). The first-order valence-electron chi connectivity index (χ1n) is 13.8. The molecule has 1 aliphatic carbocycles. The summed E-state index contributed by atoms with van der Waals surface area (Å²) >= 11 is 6.08. The van der Waals surface area contributed by atoms with Crippen molar-refractivity contribution in [1.29, 1.82) is 0 Å². The molecule has 10 nitrogen and oxygen atoms in total. The lowest BCUT2D eigenvalue weighted by molar-refractivity contribution is -0.115. The van der Waals surface area contributed by atoms with Gasteiger partial charge in [0.25, 0.3) is 17.7 Å². The van der Waals surface area contributed by atoms with Gasteiger partial charge in [0, 0.05) is 42.9 Å². The van der Waals surface area contributed by atoms with Crippen LogP contribution in [0.4, 0.5) is 15.8 Å². The monoisotopic (exact) mass is 652 g/mol. The molecule has 0 saturated heterocycles. The highest BCUT2D eigenvalue weighted by Crippen LogP contribution is 2.42. The zero-order chi connectivity index (χ0) is 32.5. The van der Waals surface area contributed by atoms with Crippen LogP contribution in [0, 0.1) is 11.2 Å². The number of benzene rings is 3. The highest BCUT2D eigenvalue weighted by Gasteiger charge is 2.37. The first-order valence-corrected chi connectivity index (χ1v) is 15.7. The average molecular weight is 653 g/mol. The van der Waals surface area contributed by atoms with Crippen molar-refractivity contribution in [1.82, 2.24) is 9.03 Å². The van der Waals surface area contributed by atoms with Crippen molar-refractivity contribution >= 4 is 50.9 Å². The second-order valence-corrected chi connectivity index (χ2v) is 13.2. The number of carbonyl (C=O) groups is 3. The quantitative estimate of drug-likeness (QED) is 0.380. The number of para-hydroxylation sites is 1. The van der Waals surface area contributed by atoms with Gasteiger partial charge in [-0.1, -0.05) is 48.0 Å². The molecule has 0 radical (unpaired) electrons. The third-order valence-corrected chi connectivity index (χ3v) is 9.45. The Morgan fingerprint density at radius 3 is 2.53 bits per heavy atom. The van der Waals surface area contributed by atoms with E-state index >= 15 is 0 Å². The van der Waals surface area contributed by atoms with E-state index in [1.807, 2.05) is 30.3 Å². The normalized spacial score (nSPS) is 17.5. The number of anilines is 2. The maximum Gasteiger partial charge on any atom is 0.303 e. The van der Waals surface area contributed by atoms with E-state index in [4.69, 9.17) is 16.3 Å². The Morgan fingerprint density at radius 2 is 1.80 bits per heavy atom. The maximum atomic E-state index is 14.0. The van der Waals surface area contributed by atoms with E-state index in [2.05, 4.69) is 10.0 Å². The molecule has 1 atom stereocenters. The van der Waals surface area contributed by atoms with Crippen molar-refractivity contribution < 1.29 is 31.9 Å². The van der Waals surface area contributed by atoms with Gasteiger partial charge in [-0.15, -0.1) is 0 Å². The Bertz CT molecular complexity index is 1880. The van der Waals surface area contributed by atoms with Gasteiger partial charge in [-0.05, 0) is 60.9 Å². The molecule has 2 aliphatic rings. The third-order valence-electron chi connectivity index (χ3n) is 7.72. The largest absolute Gasteiger partial charge is 0.495 e. The molecule has 3 aromatic carbocycles. The molecule has 45 heavy (non-hydrogen) atoms. The van der Waals surface area contributed by atoms with Crippen LogP contribution in [0.2, 0.25) is 5.02 Å². The van der Waals surface area contributed by atoms with Crippen LogP contribution in [0.15, 0.2) is 84.5 Å². The summed E-state index contributed by atoms with van der Waals surface area (Å²) < 4.78 is 46.6. The molecule has 1 heterocycles. The van der Waals surface area contributed by atoms with Gasteiger partial charge in [0.2, 0.25) is 0 Å². The number of halogens is 2. The molecule has 1 spiro atoms. The minimum Gasteiger partial charge on any atom is -0.495 e. The molecule has 234 valence electrons. The van der Waals surface area contributed by atoms with E-state index in [9.17, 15) is 27.2 Å². The Kier molecular flexibility index (Phi) is 8.83. The maximum absolute atomic E-state index is 14.0. The topological polar surface area (TPSA) is 125 Å². The average Bonchev–Trinajstić information content (AvgIpc) is 3.35. The minimum absolute atomic E-state index is 0.0519. The van der Waals surface area contributed by atoms with Gasteiger partial charge >= 0.3 is 10.2 Å². The summed E-state index contributed by atoms with van der Waals surface area (Å²) in [6.07, 6.45) is 6.18. The number of hydrogen-bond acceptors (Lipinski definition) is 6. The SMILES string of the molecule is COc1cc(C(=O)N2CC[C@@]3(C=CC(C(=O)NS(=O)(=O)N(C)C)=C3)Cc3ccccc32)ccc1NC(=O)c1cc(F)ccc1Cl. The fourth-order valence-electron chi connectivity index (χ4n) is 5.30. The van der Waals surface area contributed by atoms with Gasteiger partial charge in [0.1, 0.15) is 11.6 Å². The lowest BCUT2D eigenvalue weighted by Gasteiger charge is -2.25. The number of amides is 3. The summed E-state index contributed by atoms with van der Waals surface area (Å²) in [4.78, 5) is 41.2. The fourth-order valence-corrected chi connectivity index (χ4v) is 6.04. The van der Waals surface area contributed by atoms with E-state index in [0.717, 1.165) is 22.0 Å². The number of methoxy groups -OCH3 is 1. The molecule has 0 unspecified atom stereocenters. The molecule has 0 saturated carbocycles. The van der Waals surface area contributed by atoms with E-state index in [1.165, 1.54) is 39.4 Å². The Labute approximate surface area is 265 Å². The second-order valence-electron chi connectivity index (χ2n) is 10.9. The lowest BCUT2D eigenvalue weighted by Crippen LogP contribution is -2.39. The van der Waals surface area contributed by atoms with E-state index in [-0.39, 0.29) is 33.5 Å². The van der Waals surface area contributed by atoms with Gasteiger partial charge in [-0.2, -0.15) is 12.7 Å². The second kappa shape index (κ2) is 12.5. The van der Waals surface area contributed by atoms with Crippen LogP contribution in [0.5, 0.6) is 5.75 Å². The van der Waals surface area contributed by atoms with Crippen LogP contribution >= 0.6 is 11.6 Å². The number of hydrogen-bond donors (Lipinski definition) is 2. The summed E-state index contributed by atoms with van der Waals surface area (Å²) in [5.74, 6) is -2.09. The molecule has 3 amide bonds. The zero-order valence-electron chi connectivity index (χ0n) is 24.6. The van der Waals surface area contributed by atoms with Crippen molar-refractivity contribution in [3.05, 3.63) is 112 Å². The summed E-state index contributed by atoms with van der Waals surface area (Å²) in [6, 6.07) is 15.5. The number of fused-ring (bicyclic) bond motifs is 1. The van der Waals surface area contributed by atoms with E-state index in [1.54, 1.807) is 23.1 Å². The molecular weight excluding hydrogens is 623 g/mol. The Hall–Kier alpha value is -4.52.